The lowest BCUT2D eigenvalue weighted by molar-refractivity contribution is 0.849. The third-order valence-corrected chi connectivity index (χ3v) is 1.59. The van der Waals surface area contributed by atoms with Crippen LogP contribution in [0.1, 0.15) is 18.4 Å². The molecule has 2 nitrogen and oxygen atoms in total. The largest absolute Gasteiger partial charge is 0.332 e. The van der Waals surface area contributed by atoms with Crippen LogP contribution in [0.2, 0.25) is 0 Å². The Morgan fingerprint density at radius 1 is 1.60 bits per heavy atom. The van der Waals surface area contributed by atoms with Gasteiger partial charge in [0.25, 0.3) is 0 Å². The standard InChI is InChI=1S/C8H12N2/c1-4-5-8-6-9-7(2)10(8)3/h4-6H,1-3H3. The lowest BCUT2D eigenvalue weighted by Crippen LogP contribution is -1.92. The third-order valence-electron chi connectivity index (χ3n) is 1.59. The van der Waals surface area contributed by atoms with Crippen LogP contribution < -0.4 is 0 Å². The lowest BCUT2D eigenvalue weighted by Gasteiger charge is -1.95. The minimum atomic E-state index is 1.05. The van der Waals surface area contributed by atoms with Gasteiger partial charge in [0.1, 0.15) is 5.82 Å². The van der Waals surface area contributed by atoms with Gasteiger partial charge in [0, 0.05) is 7.05 Å². The number of aromatic nitrogens is 2. The molecule has 2 heteroatoms. The van der Waals surface area contributed by atoms with Gasteiger partial charge in [-0.15, -0.1) is 0 Å². The van der Waals surface area contributed by atoms with Crippen molar-refractivity contribution in [3.8, 4) is 0 Å². The van der Waals surface area contributed by atoms with Gasteiger partial charge in [-0.2, -0.15) is 0 Å². The van der Waals surface area contributed by atoms with Crippen LogP contribution in [0.4, 0.5) is 0 Å². The Labute approximate surface area is 61.2 Å². The highest BCUT2D eigenvalue weighted by atomic mass is 15.0. The normalized spacial score (nSPS) is 11.1. The molecule has 1 aromatic heterocycles. The summed E-state index contributed by atoms with van der Waals surface area (Å²) in [5.74, 6) is 1.05. The van der Waals surface area contributed by atoms with Crippen molar-refractivity contribution in [3.05, 3.63) is 23.8 Å². The van der Waals surface area contributed by atoms with Crippen LogP contribution in [0.25, 0.3) is 6.08 Å². The van der Waals surface area contributed by atoms with Crippen molar-refractivity contribution in [1.82, 2.24) is 9.55 Å². The Hall–Kier alpha value is -1.05. The first kappa shape index (κ1) is 7.06. The van der Waals surface area contributed by atoms with E-state index in [9.17, 15) is 0 Å². The number of rotatable bonds is 1. The van der Waals surface area contributed by atoms with E-state index in [2.05, 4.69) is 9.55 Å². The van der Waals surface area contributed by atoms with E-state index in [-0.39, 0.29) is 0 Å². The first-order chi connectivity index (χ1) is 4.75. The fraction of sp³-hybridized carbons (Fsp3) is 0.375. The van der Waals surface area contributed by atoms with Gasteiger partial charge in [-0.05, 0) is 19.9 Å². The Balaban J connectivity index is 3.05. The van der Waals surface area contributed by atoms with Crippen molar-refractivity contribution >= 4 is 6.08 Å². The summed E-state index contributed by atoms with van der Waals surface area (Å²) in [5, 5.41) is 0. The van der Waals surface area contributed by atoms with Gasteiger partial charge in [0.15, 0.2) is 0 Å². The fourth-order valence-electron chi connectivity index (χ4n) is 0.845. The van der Waals surface area contributed by atoms with E-state index in [4.69, 9.17) is 0 Å². The summed E-state index contributed by atoms with van der Waals surface area (Å²) in [4.78, 5) is 4.15. The van der Waals surface area contributed by atoms with Crippen molar-refractivity contribution in [2.75, 3.05) is 0 Å². The van der Waals surface area contributed by atoms with Crippen molar-refractivity contribution in [2.24, 2.45) is 7.05 Å². The molecule has 0 N–H and O–H groups in total. The molecular weight excluding hydrogens is 124 g/mol. The van der Waals surface area contributed by atoms with Crippen LogP contribution in [0.15, 0.2) is 12.3 Å². The first-order valence-corrected chi connectivity index (χ1v) is 3.36. The van der Waals surface area contributed by atoms with E-state index in [0.29, 0.717) is 0 Å². The molecule has 0 bridgehead atoms. The van der Waals surface area contributed by atoms with Gasteiger partial charge in [-0.3, -0.25) is 0 Å². The number of hydrogen-bond donors (Lipinski definition) is 0. The van der Waals surface area contributed by atoms with Crippen LogP contribution in [0.5, 0.6) is 0 Å². The molecule has 0 aliphatic rings. The van der Waals surface area contributed by atoms with Crippen LogP contribution in [0, 0.1) is 6.92 Å². The Morgan fingerprint density at radius 3 is 2.70 bits per heavy atom. The van der Waals surface area contributed by atoms with Crippen molar-refractivity contribution < 1.29 is 0 Å². The second-order valence-electron chi connectivity index (χ2n) is 2.29. The van der Waals surface area contributed by atoms with E-state index in [1.165, 1.54) is 0 Å². The zero-order valence-electron chi connectivity index (χ0n) is 6.63. The summed E-state index contributed by atoms with van der Waals surface area (Å²) >= 11 is 0. The highest BCUT2D eigenvalue weighted by Gasteiger charge is 1.95. The topological polar surface area (TPSA) is 17.8 Å². The SMILES string of the molecule is CC=Cc1cnc(C)n1C. The average molecular weight is 136 g/mol. The molecule has 0 aliphatic heterocycles. The highest BCUT2D eigenvalue weighted by molar-refractivity contribution is 5.43. The molecule has 0 atom stereocenters. The maximum absolute atomic E-state index is 4.15. The Morgan fingerprint density at radius 2 is 2.30 bits per heavy atom. The maximum atomic E-state index is 4.15. The number of nitrogens with zero attached hydrogens (tertiary/aromatic N) is 2. The molecule has 0 saturated heterocycles. The van der Waals surface area contributed by atoms with Crippen LogP contribution in [0.3, 0.4) is 0 Å². The van der Waals surface area contributed by atoms with Gasteiger partial charge < -0.3 is 4.57 Å². The summed E-state index contributed by atoms with van der Waals surface area (Å²) in [5.41, 5.74) is 1.15. The summed E-state index contributed by atoms with van der Waals surface area (Å²) in [6, 6.07) is 0. The van der Waals surface area contributed by atoms with E-state index >= 15 is 0 Å². The van der Waals surface area contributed by atoms with Crippen LogP contribution in [-0.4, -0.2) is 9.55 Å². The van der Waals surface area contributed by atoms with Gasteiger partial charge in [-0.25, -0.2) is 4.98 Å². The zero-order valence-corrected chi connectivity index (χ0v) is 6.63. The second kappa shape index (κ2) is 2.69. The molecule has 10 heavy (non-hydrogen) atoms. The van der Waals surface area contributed by atoms with Gasteiger partial charge in [0.05, 0.1) is 11.9 Å². The fourth-order valence-corrected chi connectivity index (χ4v) is 0.845. The first-order valence-electron chi connectivity index (χ1n) is 3.36. The lowest BCUT2D eigenvalue weighted by atomic mass is 10.4. The highest BCUT2D eigenvalue weighted by Crippen LogP contribution is 2.02. The smallest absolute Gasteiger partial charge is 0.105 e. The molecule has 0 unspecified atom stereocenters. The van der Waals surface area contributed by atoms with E-state index < -0.39 is 0 Å². The number of hydrogen-bond acceptors (Lipinski definition) is 1. The molecule has 0 fully saturated rings. The summed E-state index contributed by atoms with van der Waals surface area (Å²) in [7, 11) is 2.01. The molecule has 54 valence electrons. The third kappa shape index (κ3) is 1.10. The molecule has 0 amide bonds. The van der Waals surface area contributed by atoms with Gasteiger partial charge in [0.2, 0.25) is 0 Å². The minimum Gasteiger partial charge on any atom is -0.332 e. The minimum absolute atomic E-state index is 1.05. The second-order valence-corrected chi connectivity index (χ2v) is 2.29. The predicted molar refractivity (Wildman–Crippen MR) is 42.7 cm³/mol. The molecular formula is C8H12N2. The summed E-state index contributed by atoms with van der Waals surface area (Å²) in [6.45, 7) is 4.00. The van der Waals surface area contributed by atoms with Crippen LogP contribution in [-0.2, 0) is 7.05 Å². The molecule has 0 aliphatic carbocycles. The Bertz CT molecular complexity index is 246. The summed E-state index contributed by atoms with van der Waals surface area (Å²) in [6.07, 6.45) is 5.92. The van der Waals surface area contributed by atoms with Crippen LogP contribution >= 0.6 is 0 Å². The van der Waals surface area contributed by atoms with E-state index in [0.717, 1.165) is 11.5 Å². The Kier molecular flexibility index (Phi) is 1.90. The van der Waals surface area contributed by atoms with Crippen molar-refractivity contribution in [2.45, 2.75) is 13.8 Å². The number of allylic oxidation sites excluding steroid dienone is 1. The summed E-state index contributed by atoms with van der Waals surface area (Å²) < 4.78 is 2.06. The molecule has 0 spiro atoms. The molecule has 1 heterocycles. The molecule has 1 aromatic rings. The molecule has 0 radical (unpaired) electrons. The molecule has 1 rings (SSSR count). The maximum Gasteiger partial charge on any atom is 0.105 e. The van der Waals surface area contributed by atoms with E-state index in [1.54, 1.807) is 0 Å². The zero-order chi connectivity index (χ0) is 7.56. The number of imidazole rings is 1. The molecule has 0 saturated carbocycles. The van der Waals surface area contributed by atoms with Crippen molar-refractivity contribution in [1.29, 1.82) is 0 Å². The monoisotopic (exact) mass is 136 g/mol. The average Bonchev–Trinajstić information content (AvgIpc) is 2.20. The van der Waals surface area contributed by atoms with E-state index in [1.807, 2.05) is 39.2 Å². The molecule has 0 aromatic carbocycles. The quantitative estimate of drug-likeness (QED) is 0.575. The predicted octanol–water partition coefficient (Wildman–Crippen LogP) is 1.76. The van der Waals surface area contributed by atoms with Gasteiger partial charge >= 0.3 is 0 Å². The van der Waals surface area contributed by atoms with Crippen molar-refractivity contribution in [3.63, 3.8) is 0 Å². The number of aryl methyl sites for hydroxylation is 1. The van der Waals surface area contributed by atoms with Gasteiger partial charge in [-0.1, -0.05) is 6.08 Å².